The van der Waals surface area contributed by atoms with Crippen LogP contribution in [0, 0.1) is 0 Å². The Labute approximate surface area is 261 Å². The molecule has 1 atom stereocenters. The number of nitrogens with one attached hydrogen (secondary N) is 3. The summed E-state index contributed by atoms with van der Waals surface area (Å²) in [5.74, 6) is -0.799. The van der Waals surface area contributed by atoms with E-state index in [0.29, 0.717) is 0 Å². The lowest BCUT2D eigenvalue weighted by Gasteiger charge is -2.15. The van der Waals surface area contributed by atoms with Crippen LogP contribution in [0.4, 0.5) is 10.5 Å². The molecule has 0 saturated heterocycles. The van der Waals surface area contributed by atoms with E-state index < -0.39 is 12.0 Å². The van der Waals surface area contributed by atoms with E-state index in [-0.39, 0.29) is 41.2 Å². The van der Waals surface area contributed by atoms with Gasteiger partial charge in [0.1, 0.15) is 11.3 Å². The fourth-order valence-corrected chi connectivity index (χ4v) is 4.90. The number of allylic oxidation sites excluding steroid dienone is 10. The number of hydrogen-bond donors (Lipinski definition) is 5. The predicted octanol–water partition coefficient (Wildman–Crippen LogP) is 7.76. The summed E-state index contributed by atoms with van der Waals surface area (Å²) in [6, 6.07) is 3.23. The quantitative estimate of drug-likeness (QED) is 0.0518. The van der Waals surface area contributed by atoms with Crippen LogP contribution in [0.3, 0.4) is 0 Å². The molecule has 236 valence electrons. The smallest absolute Gasteiger partial charge is 0.339 e. The van der Waals surface area contributed by atoms with Gasteiger partial charge in [0.25, 0.3) is 0 Å². The lowest BCUT2D eigenvalue weighted by molar-refractivity contribution is -0.120. The molecule has 0 fully saturated rings. The maximum atomic E-state index is 12.5. The molecule has 1 aromatic rings. The summed E-state index contributed by atoms with van der Waals surface area (Å²) in [6.07, 6.45) is 30.9. The number of aromatic carboxylic acids is 1. The Morgan fingerprint density at radius 3 is 1.98 bits per heavy atom. The number of aromatic hydroxyl groups is 1. The van der Waals surface area contributed by atoms with Gasteiger partial charge in [-0.25, -0.2) is 9.59 Å². The molecule has 1 rings (SSSR count). The largest absolute Gasteiger partial charge is 0.507 e. The average Bonchev–Trinajstić information content (AvgIpc) is 2.99. The van der Waals surface area contributed by atoms with Gasteiger partial charge in [0.15, 0.2) is 0 Å². The number of hydrogen-bond acceptors (Lipinski definition) is 5. The van der Waals surface area contributed by atoms with Crippen LogP contribution < -0.4 is 16.0 Å². The molecule has 0 aliphatic heterocycles. The van der Waals surface area contributed by atoms with Gasteiger partial charge in [0, 0.05) is 18.8 Å². The van der Waals surface area contributed by atoms with Gasteiger partial charge in [-0.1, -0.05) is 74.6 Å². The van der Waals surface area contributed by atoms with E-state index in [1.165, 1.54) is 18.2 Å². The summed E-state index contributed by atoms with van der Waals surface area (Å²) >= 11 is 1.66. The maximum Gasteiger partial charge on any atom is 0.339 e. The lowest BCUT2D eigenvalue weighted by Crippen LogP contribution is -2.39. The van der Waals surface area contributed by atoms with Crippen molar-refractivity contribution in [3.05, 3.63) is 84.5 Å². The van der Waals surface area contributed by atoms with Crippen LogP contribution in [0.5, 0.6) is 5.75 Å². The molecule has 3 amide bonds. The third-order valence-corrected chi connectivity index (χ3v) is 7.57. The molecule has 0 aliphatic carbocycles. The molecule has 0 bridgehead atoms. The number of carboxylic acids is 1. The molecule has 9 heteroatoms. The molecule has 0 heterocycles. The van der Waals surface area contributed by atoms with Crippen LogP contribution in [0.2, 0.25) is 0 Å². The Balaban J connectivity index is 2.10. The van der Waals surface area contributed by atoms with E-state index in [1.54, 1.807) is 11.8 Å². The van der Waals surface area contributed by atoms with Crippen LogP contribution in [-0.4, -0.2) is 52.2 Å². The zero-order chi connectivity index (χ0) is 31.5. The summed E-state index contributed by atoms with van der Waals surface area (Å²) in [5.41, 5.74) is -0.0668. The molecular weight excluding hydrogens is 562 g/mol. The summed E-state index contributed by atoms with van der Waals surface area (Å²) < 4.78 is 0. The van der Waals surface area contributed by atoms with E-state index in [4.69, 9.17) is 5.11 Å². The highest BCUT2D eigenvalue weighted by Crippen LogP contribution is 2.21. The van der Waals surface area contributed by atoms with Crippen molar-refractivity contribution in [2.24, 2.45) is 0 Å². The number of carbonyl (C=O) groups is 3. The van der Waals surface area contributed by atoms with Gasteiger partial charge in [-0.05, 0) is 81.7 Å². The summed E-state index contributed by atoms with van der Waals surface area (Å²) in [5, 5.41) is 26.5. The number of unbranched alkanes of at least 4 members (excludes halogenated alkanes) is 2. The number of benzene rings is 1. The third kappa shape index (κ3) is 19.2. The van der Waals surface area contributed by atoms with E-state index in [9.17, 15) is 19.5 Å². The highest BCUT2D eigenvalue weighted by Gasteiger charge is 2.16. The van der Waals surface area contributed by atoms with Crippen molar-refractivity contribution < 1.29 is 24.6 Å². The molecule has 0 aromatic heterocycles. The average molecular weight is 612 g/mol. The Kier molecular flexibility index (Phi) is 21.5. The van der Waals surface area contributed by atoms with Gasteiger partial charge >= 0.3 is 12.0 Å². The fourth-order valence-electron chi connectivity index (χ4n) is 3.77. The maximum absolute atomic E-state index is 12.5. The van der Waals surface area contributed by atoms with Gasteiger partial charge < -0.3 is 26.2 Å². The molecule has 43 heavy (non-hydrogen) atoms. The molecule has 0 spiro atoms. The Morgan fingerprint density at radius 2 is 1.40 bits per heavy atom. The van der Waals surface area contributed by atoms with Crippen LogP contribution in [0.15, 0.2) is 79.0 Å². The van der Waals surface area contributed by atoms with Crippen LogP contribution in [0.25, 0.3) is 0 Å². The fraction of sp³-hybridized carbons (Fsp3) is 0.441. The van der Waals surface area contributed by atoms with Crippen LogP contribution in [0.1, 0.15) is 82.0 Å². The number of carboxylic acid groups (broad SMARTS) is 1. The number of thioether (sulfide) groups is 1. The second kappa shape index (κ2) is 24.8. The van der Waals surface area contributed by atoms with Crippen molar-refractivity contribution in [2.45, 2.75) is 76.9 Å². The van der Waals surface area contributed by atoms with E-state index >= 15 is 0 Å². The van der Waals surface area contributed by atoms with Gasteiger partial charge in [-0.3, -0.25) is 4.79 Å². The second-order valence-corrected chi connectivity index (χ2v) is 11.0. The highest BCUT2D eigenvalue weighted by molar-refractivity contribution is 8.00. The molecular formula is C34H49N3O5S. The topological polar surface area (TPSA) is 128 Å². The Hall–Kier alpha value is -3.72. The summed E-state index contributed by atoms with van der Waals surface area (Å²) in [6.45, 7) is 4.63. The van der Waals surface area contributed by atoms with Crippen LogP contribution >= 0.6 is 11.8 Å². The third-order valence-electron chi connectivity index (χ3n) is 6.10. The van der Waals surface area contributed by atoms with Crippen molar-refractivity contribution in [3.8, 4) is 5.75 Å². The summed E-state index contributed by atoms with van der Waals surface area (Å²) in [4.78, 5) is 35.6. The van der Waals surface area contributed by atoms with Crippen molar-refractivity contribution in [1.82, 2.24) is 10.6 Å². The molecule has 0 unspecified atom stereocenters. The Morgan fingerprint density at radius 1 is 0.814 bits per heavy atom. The second-order valence-electron chi connectivity index (χ2n) is 9.68. The van der Waals surface area contributed by atoms with E-state index in [0.717, 1.165) is 63.5 Å². The highest BCUT2D eigenvalue weighted by atomic mass is 32.2. The van der Waals surface area contributed by atoms with Crippen molar-refractivity contribution >= 4 is 35.4 Å². The number of rotatable bonds is 22. The lowest BCUT2D eigenvalue weighted by atomic mass is 10.2. The van der Waals surface area contributed by atoms with Gasteiger partial charge in [0.05, 0.1) is 5.25 Å². The first-order chi connectivity index (χ1) is 20.9. The number of amides is 3. The SMILES string of the molecule is CC/C=C\C/C=C\C/C=C\C/C=C\C/C=C\CCCCS[C@H](CC)C(=O)NCCNC(=O)Nc1ccc(O)c(C(=O)O)c1. The molecule has 8 nitrogen and oxygen atoms in total. The van der Waals surface area contributed by atoms with E-state index in [1.807, 2.05) is 6.92 Å². The normalized spacial score (nSPS) is 12.6. The number of carbonyl (C=O) groups excluding carboxylic acids is 2. The first kappa shape index (κ1) is 37.3. The first-order valence-electron chi connectivity index (χ1n) is 15.1. The molecule has 0 aliphatic rings. The minimum absolute atomic E-state index is 0.0443. The van der Waals surface area contributed by atoms with Crippen LogP contribution in [-0.2, 0) is 4.79 Å². The summed E-state index contributed by atoms with van der Waals surface area (Å²) in [7, 11) is 0. The molecule has 5 N–H and O–H groups in total. The molecule has 0 saturated carbocycles. The minimum Gasteiger partial charge on any atom is -0.507 e. The van der Waals surface area contributed by atoms with Gasteiger partial charge in [-0.2, -0.15) is 0 Å². The van der Waals surface area contributed by atoms with Gasteiger partial charge in [0.2, 0.25) is 5.91 Å². The zero-order valence-electron chi connectivity index (χ0n) is 25.6. The monoisotopic (exact) mass is 611 g/mol. The van der Waals surface area contributed by atoms with Crippen molar-refractivity contribution in [1.29, 1.82) is 0 Å². The predicted molar refractivity (Wildman–Crippen MR) is 180 cm³/mol. The minimum atomic E-state index is -1.29. The number of urea groups is 1. The Bertz CT molecular complexity index is 1110. The van der Waals surface area contributed by atoms with Crippen molar-refractivity contribution in [3.63, 3.8) is 0 Å². The van der Waals surface area contributed by atoms with E-state index in [2.05, 4.69) is 83.6 Å². The standard InChI is InChI=1S/C34H49N3O5S/c1-3-5-6-7-8-9-10-11-12-13-14-15-16-17-18-19-20-21-26-43-31(4-2)32(39)35-24-25-36-34(42)37-28-22-23-30(38)29(27-28)33(40)41/h5-6,8-9,11-12,14-15,17-18,22-23,27,31,38H,3-4,7,10,13,16,19-21,24-26H2,1-2H3,(H,35,39)(H,40,41)(H2,36,37,42)/b6-5-,9-8-,12-11-,15-14-,18-17-/t31-/m1/s1. The number of phenols is 1. The molecule has 1 aromatic carbocycles. The number of anilines is 1. The zero-order valence-corrected chi connectivity index (χ0v) is 26.4. The first-order valence-corrected chi connectivity index (χ1v) is 16.2. The van der Waals surface area contributed by atoms with Gasteiger partial charge in [-0.15, -0.1) is 11.8 Å². The van der Waals surface area contributed by atoms with Crippen molar-refractivity contribution in [2.75, 3.05) is 24.2 Å². The molecule has 0 radical (unpaired) electrons.